The van der Waals surface area contributed by atoms with E-state index in [1.807, 2.05) is 24.3 Å². The van der Waals surface area contributed by atoms with Gasteiger partial charge in [0, 0.05) is 16.7 Å². The molecule has 4 nitrogen and oxygen atoms in total. The monoisotopic (exact) mass is 272 g/mol. The molecular formula is C10H13BrN2O2. The lowest BCUT2D eigenvalue weighted by atomic mass is 10.2. The Bertz CT molecular complexity index is 344. The quantitative estimate of drug-likeness (QED) is 0.762. The second-order valence-corrected chi connectivity index (χ2v) is 3.99. The number of nitrogens with one attached hydrogen (secondary N) is 1. The SMILES string of the molecule is NC(CCNc1ccccc1Br)C(=O)O. The van der Waals surface area contributed by atoms with Crippen molar-refractivity contribution in [3.8, 4) is 0 Å². The largest absolute Gasteiger partial charge is 0.480 e. The standard InChI is InChI=1S/C10H13BrN2O2/c11-7-3-1-2-4-9(7)13-6-5-8(12)10(14)15/h1-4,8,13H,5-6,12H2,(H,14,15). The number of hydrogen-bond acceptors (Lipinski definition) is 3. The van der Waals surface area contributed by atoms with Crippen LogP contribution < -0.4 is 11.1 Å². The molecule has 1 unspecified atom stereocenters. The molecule has 0 saturated heterocycles. The zero-order chi connectivity index (χ0) is 11.3. The molecule has 0 aliphatic heterocycles. The number of benzene rings is 1. The number of anilines is 1. The highest BCUT2D eigenvalue weighted by Gasteiger charge is 2.10. The van der Waals surface area contributed by atoms with Gasteiger partial charge in [0.05, 0.1) is 0 Å². The molecule has 0 spiro atoms. The molecule has 1 aromatic carbocycles. The van der Waals surface area contributed by atoms with Crippen molar-refractivity contribution >= 4 is 27.6 Å². The molecule has 0 saturated carbocycles. The first-order valence-electron chi connectivity index (χ1n) is 4.58. The number of aliphatic carboxylic acids is 1. The van der Waals surface area contributed by atoms with Crippen molar-refractivity contribution in [3.05, 3.63) is 28.7 Å². The highest BCUT2D eigenvalue weighted by atomic mass is 79.9. The number of halogens is 1. The highest BCUT2D eigenvalue weighted by Crippen LogP contribution is 2.20. The van der Waals surface area contributed by atoms with E-state index in [4.69, 9.17) is 10.8 Å². The van der Waals surface area contributed by atoms with Gasteiger partial charge >= 0.3 is 5.97 Å². The van der Waals surface area contributed by atoms with Gasteiger partial charge in [-0.2, -0.15) is 0 Å². The third-order valence-electron chi connectivity index (χ3n) is 1.96. The van der Waals surface area contributed by atoms with Crippen molar-refractivity contribution in [1.29, 1.82) is 0 Å². The van der Waals surface area contributed by atoms with Crippen molar-refractivity contribution in [2.24, 2.45) is 5.73 Å². The van der Waals surface area contributed by atoms with E-state index in [0.29, 0.717) is 13.0 Å². The molecule has 0 radical (unpaired) electrons. The number of carboxylic acids is 1. The maximum absolute atomic E-state index is 10.4. The molecule has 4 N–H and O–H groups in total. The highest BCUT2D eigenvalue weighted by molar-refractivity contribution is 9.10. The Morgan fingerprint density at radius 2 is 2.20 bits per heavy atom. The van der Waals surface area contributed by atoms with Gasteiger partial charge in [-0.15, -0.1) is 0 Å². The lowest BCUT2D eigenvalue weighted by molar-refractivity contribution is -0.138. The van der Waals surface area contributed by atoms with Crippen LogP contribution >= 0.6 is 15.9 Å². The summed E-state index contributed by atoms with van der Waals surface area (Å²) in [7, 11) is 0. The summed E-state index contributed by atoms with van der Waals surface area (Å²) in [5.41, 5.74) is 6.31. The Hall–Kier alpha value is -1.07. The van der Waals surface area contributed by atoms with Crippen LogP contribution in [0.2, 0.25) is 0 Å². The summed E-state index contributed by atoms with van der Waals surface area (Å²) in [6.07, 6.45) is 0.399. The van der Waals surface area contributed by atoms with E-state index in [0.717, 1.165) is 10.2 Å². The molecule has 1 atom stereocenters. The summed E-state index contributed by atoms with van der Waals surface area (Å²) in [5, 5.41) is 11.7. The molecule has 0 heterocycles. The van der Waals surface area contributed by atoms with E-state index in [9.17, 15) is 4.79 Å². The summed E-state index contributed by atoms with van der Waals surface area (Å²) in [4.78, 5) is 10.4. The average molecular weight is 273 g/mol. The lowest BCUT2D eigenvalue weighted by Gasteiger charge is -2.10. The van der Waals surface area contributed by atoms with Gasteiger partial charge in [-0.3, -0.25) is 4.79 Å². The maximum atomic E-state index is 10.4. The molecule has 0 aliphatic carbocycles. The Morgan fingerprint density at radius 1 is 1.53 bits per heavy atom. The van der Waals surface area contributed by atoms with Crippen LogP contribution in [0.25, 0.3) is 0 Å². The van der Waals surface area contributed by atoms with Crippen molar-refractivity contribution < 1.29 is 9.90 Å². The van der Waals surface area contributed by atoms with Crippen LogP contribution in [0.1, 0.15) is 6.42 Å². The minimum absolute atomic E-state index is 0.399. The molecule has 1 aromatic rings. The Morgan fingerprint density at radius 3 is 2.80 bits per heavy atom. The normalized spacial score (nSPS) is 12.1. The minimum atomic E-state index is -0.969. The van der Waals surface area contributed by atoms with E-state index < -0.39 is 12.0 Å². The van der Waals surface area contributed by atoms with Crippen molar-refractivity contribution in [2.45, 2.75) is 12.5 Å². The van der Waals surface area contributed by atoms with Gasteiger partial charge in [-0.25, -0.2) is 0 Å². The van der Waals surface area contributed by atoms with E-state index in [-0.39, 0.29) is 0 Å². The summed E-state index contributed by atoms with van der Waals surface area (Å²) in [5.74, 6) is -0.969. The predicted octanol–water partition coefficient (Wildman–Crippen LogP) is 1.66. The van der Waals surface area contributed by atoms with Gasteiger partial charge < -0.3 is 16.2 Å². The first-order valence-corrected chi connectivity index (χ1v) is 5.37. The fraction of sp³-hybridized carbons (Fsp3) is 0.300. The van der Waals surface area contributed by atoms with E-state index in [1.165, 1.54) is 0 Å². The topological polar surface area (TPSA) is 75.3 Å². The zero-order valence-corrected chi connectivity index (χ0v) is 9.70. The molecule has 5 heteroatoms. The fourth-order valence-electron chi connectivity index (χ4n) is 1.09. The first kappa shape index (κ1) is 12.0. The van der Waals surface area contributed by atoms with E-state index in [1.54, 1.807) is 0 Å². The molecule has 82 valence electrons. The Balaban J connectivity index is 2.38. The summed E-state index contributed by atoms with van der Waals surface area (Å²) in [6.45, 7) is 0.538. The minimum Gasteiger partial charge on any atom is -0.480 e. The number of nitrogens with two attached hydrogens (primary N) is 1. The van der Waals surface area contributed by atoms with Gasteiger partial charge in [0.15, 0.2) is 0 Å². The molecule has 0 aliphatic rings. The van der Waals surface area contributed by atoms with Gasteiger partial charge in [-0.1, -0.05) is 12.1 Å². The molecule has 15 heavy (non-hydrogen) atoms. The smallest absolute Gasteiger partial charge is 0.320 e. The van der Waals surface area contributed by atoms with Crippen LogP contribution in [0.5, 0.6) is 0 Å². The zero-order valence-electron chi connectivity index (χ0n) is 8.11. The third-order valence-corrected chi connectivity index (χ3v) is 2.65. The van der Waals surface area contributed by atoms with Crippen molar-refractivity contribution in [3.63, 3.8) is 0 Å². The number of carboxylic acid groups (broad SMARTS) is 1. The number of para-hydroxylation sites is 1. The van der Waals surface area contributed by atoms with Crippen LogP contribution in [-0.2, 0) is 4.79 Å². The maximum Gasteiger partial charge on any atom is 0.320 e. The van der Waals surface area contributed by atoms with Gasteiger partial charge in [0.1, 0.15) is 6.04 Å². The van der Waals surface area contributed by atoms with Crippen molar-refractivity contribution in [1.82, 2.24) is 0 Å². The van der Waals surface area contributed by atoms with Crippen LogP contribution in [-0.4, -0.2) is 23.7 Å². The number of hydrogen-bond donors (Lipinski definition) is 3. The Kier molecular flexibility index (Phi) is 4.58. The van der Waals surface area contributed by atoms with Crippen LogP contribution in [0.4, 0.5) is 5.69 Å². The van der Waals surface area contributed by atoms with Crippen LogP contribution in [0.15, 0.2) is 28.7 Å². The molecule has 1 rings (SSSR count). The summed E-state index contributed by atoms with van der Waals surface area (Å²) in [6, 6.07) is 6.85. The average Bonchev–Trinajstić information content (AvgIpc) is 2.20. The number of rotatable bonds is 5. The first-order chi connectivity index (χ1) is 7.11. The van der Waals surface area contributed by atoms with Crippen LogP contribution in [0.3, 0.4) is 0 Å². The summed E-state index contributed by atoms with van der Waals surface area (Å²) >= 11 is 3.38. The van der Waals surface area contributed by atoms with Gasteiger partial charge in [-0.05, 0) is 34.5 Å². The van der Waals surface area contributed by atoms with E-state index in [2.05, 4.69) is 21.2 Å². The molecular weight excluding hydrogens is 260 g/mol. The second kappa shape index (κ2) is 5.72. The number of carbonyl (C=O) groups is 1. The van der Waals surface area contributed by atoms with Gasteiger partial charge in [0.25, 0.3) is 0 Å². The predicted molar refractivity (Wildman–Crippen MR) is 62.9 cm³/mol. The summed E-state index contributed by atoms with van der Waals surface area (Å²) < 4.78 is 0.953. The Labute approximate surface area is 96.6 Å². The molecule has 0 bridgehead atoms. The van der Waals surface area contributed by atoms with E-state index >= 15 is 0 Å². The fourth-order valence-corrected chi connectivity index (χ4v) is 1.52. The van der Waals surface area contributed by atoms with Gasteiger partial charge in [0.2, 0.25) is 0 Å². The second-order valence-electron chi connectivity index (χ2n) is 3.14. The molecule has 0 aromatic heterocycles. The molecule has 0 amide bonds. The third kappa shape index (κ3) is 3.89. The van der Waals surface area contributed by atoms with Crippen molar-refractivity contribution in [2.75, 3.05) is 11.9 Å². The lowest BCUT2D eigenvalue weighted by Crippen LogP contribution is -2.32. The van der Waals surface area contributed by atoms with Crippen LogP contribution in [0, 0.1) is 0 Å². The molecule has 0 fully saturated rings.